The lowest BCUT2D eigenvalue weighted by atomic mass is 9.94. The molecule has 30 atom stereocenters. The number of nitrogens with one attached hydrogen (secondary N) is 1. The number of hydrogen-bond acceptors (Lipinski definition) is 32. The summed E-state index contributed by atoms with van der Waals surface area (Å²) in [7, 11) is 0. The highest BCUT2D eigenvalue weighted by molar-refractivity contribution is 5.86. The lowest BCUT2D eigenvalue weighted by Gasteiger charge is -2.50. The molecule has 33 heteroatoms. The van der Waals surface area contributed by atoms with Crippen molar-refractivity contribution in [3.63, 3.8) is 0 Å². The third-order valence-electron chi connectivity index (χ3n) is 13.7. The van der Waals surface area contributed by atoms with Crippen molar-refractivity contribution in [2.24, 2.45) is 0 Å². The van der Waals surface area contributed by atoms with Crippen LogP contribution in [0.3, 0.4) is 0 Å². The van der Waals surface area contributed by atoms with E-state index >= 15 is 0 Å². The van der Waals surface area contributed by atoms with E-state index in [-0.39, 0.29) is 19.6 Å². The molecule has 0 unspecified atom stereocenters. The minimum Gasteiger partial charge on any atom is -0.394 e. The summed E-state index contributed by atoms with van der Waals surface area (Å²) in [5, 5.41) is 190. The molecule has 0 saturated carbocycles. The zero-order chi connectivity index (χ0) is 54.6. The van der Waals surface area contributed by atoms with E-state index in [4.69, 9.17) is 66.6 Å². The van der Waals surface area contributed by atoms with Crippen molar-refractivity contribution < 1.29 is 158 Å². The molecule has 22 aliphatic heterocycles. The van der Waals surface area contributed by atoms with E-state index < -0.39 is 230 Å². The SMILES string of the molecule is C=CC(=O)NCCCOO[C@@H]1[C@@H](O)[C@H]2O[C@H]3[C@H](O)[C@@H](O)[C@@H](O[C@H]4[C@H](O)[C@@H](O)[C@@H](O[C@H]5[C@H](O)[C@@H](O)[C@@H](O[C@H]6[C@H](O)[C@@H](O)[C@@H](O[C@H]7[C@H](O)[C@@H](O)[C@@H](O[C@H]1[C@@H](CO)O2)O[C@@H]7CO)O[C@@H]6CO)O[C@@H]5CO)O[C@@H]4CO)O[C@@H]3CO. The van der Waals surface area contributed by atoms with Crippen LogP contribution in [0.1, 0.15) is 6.42 Å². The van der Waals surface area contributed by atoms with E-state index in [1.807, 2.05) is 0 Å². The molecule has 0 aliphatic carbocycles. The second kappa shape index (κ2) is 27.0. The average molecular weight is 1100 g/mol. The molecule has 12 bridgehead atoms. The van der Waals surface area contributed by atoms with E-state index in [0.29, 0.717) is 0 Å². The van der Waals surface area contributed by atoms with E-state index in [1.54, 1.807) is 0 Å². The van der Waals surface area contributed by atoms with Crippen LogP contribution in [-0.4, -0.2) is 330 Å². The number of amides is 1. The van der Waals surface area contributed by atoms with Gasteiger partial charge in [0.1, 0.15) is 140 Å². The largest absolute Gasteiger partial charge is 0.394 e. The zero-order valence-electron chi connectivity index (χ0n) is 39.7. The summed E-state index contributed by atoms with van der Waals surface area (Å²) < 4.78 is 69.2. The normalized spacial score (nSPS) is 50.0. The number of ether oxygens (including phenoxy) is 12. The fraction of sp³-hybridized carbons (Fsp3) is 0.929. The van der Waals surface area contributed by atoms with E-state index in [1.165, 1.54) is 0 Å². The van der Waals surface area contributed by atoms with Crippen LogP contribution in [0.5, 0.6) is 0 Å². The first-order chi connectivity index (χ1) is 35.9. The van der Waals surface area contributed by atoms with Gasteiger partial charge in [-0.2, -0.15) is 0 Å². The summed E-state index contributed by atoms with van der Waals surface area (Å²) in [6.45, 7) is -3.00. The fourth-order valence-corrected chi connectivity index (χ4v) is 9.56. The molecule has 434 valence electrons. The lowest BCUT2D eigenvalue weighted by molar-refractivity contribution is -0.430. The van der Waals surface area contributed by atoms with Crippen molar-refractivity contribution in [2.45, 2.75) is 191 Å². The van der Waals surface area contributed by atoms with Crippen molar-refractivity contribution in [1.29, 1.82) is 0 Å². The Labute approximate surface area is 425 Å². The third kappa shape index (κ3) is 12.9. The molecule has 22 rings (SSSR count). The molecule has 75 heavy (non-hydrogen) atoms. The molecule has 18 N–H and O–H groups in total. The van der Waals surface area contributed by atoms with Crippen molar-refractivity contribution in [2.75, 3.05) is 52.8 Å². The summed E-state index contributed by atoms with van der Waals surface area (Å²) in [5.41, 5.74) is 0. The molecule has 22 fully saturated rings. The van der Waals surface area contributed by atoms with E-state index in [9.17, 15) is 91.6 Å². The number of carbonyl (C=O) groups excluding carboxylic acids is 1. The topological polar surface area (TPSA) is 502 Å². The highest BCUT2D eigenvalue weighted by Gasteiger charge is 2.59. The first-order valence-electron chi connectivity index (χ1n) is 24.0. The van der Waals surface area contributed by atoms with Gasteiger partial charge in [-0.25, -0.2) is 9.78 Å². The number of rotatable bonds is 13. The summed E-state index contributed by atoms with van der Waals surface area (Å²) in [6.07, 6.45) is -57.8. The Balaban J connectivity index is 1.20. The second-order valence-electron chi connectivity index (χ2n) is 18.6. The third-order valence-corrected chi connectivity index (χ3v) is 13.7. The van der Waals surface area contributed by atoms with Gasteiger partial charge in [-0.3, -0.25) is 4.79 Å². The molecule has 1 amide bonds. The number of hydrogen-bond donors (Lipinski definition) is 18. The minimum absolute atomic E-state index is 0.0486. The summed E-state index contributed by atoms with van der Waals surface area (Å²) in [6, 6.07) is 0. The Kier molecular flexibility index (Phi) is 21.8. The Hall–Kier alpha value is -2.03. The van der Waals surface area contributed by atoms with Crippen molar-refractivity contribution in [3.05, 3.63) is 12.7 Å². The summed E-state index contributed by atoms with van der Waals surface area (Å²) in [4.78, 5) is 22.5. The highest BCUT2D eigenvalue weighted by Crippen LogP contribution is 2.38. The summed E-state index contributed by atoms with van der Waals surface area (Å²) >= 11 is 0. The van der Waals surface area contributed by atoms with Crippen LogP contribution in [0, 0.1) is 0 Å². The molecule has 0 radical (unpaired) electrons. The van der Waals surface area contributed by atoms with Crippen LogP contribution in [0.2, 0.25) is 0 Å². The van der Waals surface area contributed by atoms with Gasteiger partial charge >= 0.3 is 0 Å². The number of aliphatic hydroxyl groups is 17. The Morgan fingerprint density at radius 1 is 0.387 bits per heavy atom. The van der Waals surface area contributed by atoms with Crippen molar-refractivity contribution >= 4 is 5.91 Å². The predicted molar refractivity (Wildman–Crippen MR) is 228 cm³/mol. The van der Waals surface area contributed by atoms with Gasteiger partial charge in [-0.15, -0.1) is 0 Å². The first-order valence-corrected chi connectivity index (χ1v) is 24.0. The van der Waals surface area contributed by atoms with E-state index in [0.717, 1.165) is 6.08 Å². The maximum atomic E-state index is 11.8. The van der Waals surface area contributed by atoms with Crippen LogP contribution < -0.4 is 5.32 Å². The Morgan fingerprint density at radius 3 is 0.907 bits per heavy atom. The fourth-order valence-electron chi connectivity index (χ4n) is 9.56. The average Bonchev–Trinajstić information content (AvgIpc) is 3.40. The molecule has 0 aromatic rings. The van der Waals surface area contributed by atoms with Crippen LogP contribution >= 0.6 is 0 Å². The monoisotopic (exact) mass is 1100 g/mol. The standard InChI is InChI=1S/C42H69NO32/c1-2-18(50)43-4-3-5-62-75-36-29(61)42-68-17(11-49)35(36)74-41-28(60)23(55)33(15(9-47)67-41)72-39-26(58)21(53)31(13(7-45)65-39)70-37-24(56)19(51)30(12(6-44)63-37)69-38-25(57)20(52)32(14(8-46)64-38)71-40-27(59)22(54)34(73-42)16(10-48)66-40/h2,12-17,19-42,44-49,51-61H,1,3-11H2,(H,43,50)/t12-,13-,14-,15-,16-,17-,19-,20-,21-,22-,23-,24-,25-,26-,27-,28-,29-,30-,31-,32-,33-,34-,35+,36-,37-,38-,39-,40-,41-,42-/m1/s1. The molecule has 22 saturated heterocycles. The molecule has 22 aliphatic rings. The quantitative estimate of drug-likeness (QED) is 0.0352. The van der Waals surface area contributed by atoms with Gasteiger partial charge in [0.25, 0.3) is 0 Å². The van der Waals surface area contributed by atoms with Gasteiger partial charge in [0.15, 0.2) is 43.8 Å². The van der Waals surface area contributed by atoms with Gasteiger partial charge in [0.05, 0.1) is 46.2 Å². The molecule has 0 spiro atoms. The van der Waals surface area contributed by atoms with Crippen LogP contribution in [0.4, 0.5) is 0 Å². The number of aliphatic hydroxyl groups excluding tert-OH is 17. The number of carbonyl (C=O) groups is 1. The van der Waals surface area contributed by atoms with E-state index in [2.05, 4.69) is 11.9 Å². The van der Waals surface area contributed by atoms with Gasteiger partial charge in [0.2, 0.25) is 5.91 Å². The first kappa shape index (κ1) is 60.6. The van der Waals surface area contributed by atoms with Crippen LogP contribution in [-0.2, 0) is 71.4 Å². The minimum atomic E-state index is -2.19. The highest BCUT2D eigenvalue weighted by atomic mass is 17.2. The predicted octanol–water partition coefficient (Wildman–Crippen LogP) is -12.4. The van der Waals surface area contributed by atoms with Gasteiger partial charge in [-0.1, -0.05) is 6.58 Å². The second-order valence-corrected chi connectivity index (χ2v) is 18.6. The molecule has 0 aromatic heterocycles. The molecule has 33 nitrogen and oxygen atoms in total. The van der Waals surface area contributed by atoms with Gasteiger partial charge in [0, 0.05) is 6.54 Å². The molecule has 22 heterocycles. The molecular formula is C42H69NO32. The smallest absolute Gasteiger partial charge is 0.243 e. The molecule has 0 aromatic carbocycles. The maximum absolute atomic E-state index is 11.8. The van der Waals surface area contributed by atoms with Crippen LogP contribution in [0.25, 0.3) is 0 Å². The Morgan fingerprint density at radius 2 is 0.640 bits per heavy atom. The van der Waals surface area contributed by atoms with Crippen molar-refractivity contribution in [3.8, 4) is 0 Å². The maximum Gasteiger partial charge on any atom is 0.243 e. The van der Waals surface area contributed by atoms with Gasteiger partial charge < -0.3 is 149 Å². The molecular weight excluding hydrogens is 1030 g/mol. The van der Waals surface area contributed by atoms with Crippen molar-refractivity contribution in [1.82, 2.24) is 5.32 Å². The zero-order valence-corrected chi connectivity index (χ0v) is 39.7. The summed E-state index contributed by atoms with van der Waals surface area (Å²) in [5.74, 6) is -0.504. The van der Waals surface area contributed by atoms with Gasteiger partial charge in [-0.05, 0) is 12.5 Å². The lowest BCUT2D eigenvalue weighted by Crippen LogP contribution is -2.69. The Bertz CT molecular complexity index is 1770. The van der Waals surface area contributed by atoms with Crippen LogP contribution in [0.15, 0.2) is 12.7 Å².